The number of anilines is 1. The molecule has 3 N–H and O–H groups in total. The summed E-state index contributed by atoms with van der Waals surface area (Å²) in [6.07, 6.45) is 3.04. The number of hydrogen-bond acceptors (Lipinski definition) is 4. The van der Waals surface area contributed by atoms with E-state index >= 15 is 0 Å². The molecule has 2 aromatic rings. The maximum absolute atomic E-state index is 13.3. The fraction of sp³-hybridized carbons (Fsp3) is 0.421. The predicted molar refractivity (Wildman–Crippen MR) is 107 cm³/mol. The molecule has 1 aliphatic rings. The molecule has 0 spiro atoms. The lowest BCUT2D eigenvalue weighted by Crippen LogP contribution is -2.53. The minimum Gasteiger partial charge on any atom is -0.341 e. The van der Waals surface area contributed by atoms with Gasteiger partial charge in [0, 0.05) is 24.7 Å². The molecule has 1 saturated heterocycles. The molecular weight excluding hydrogens is 385 g/mol. The van der Waals surface area contributed by atoms with Gasteiger partial charge in [-0.2, -0.15) is 5.10 Å². The molecule has 1 aromatic heterocycles. The third-order valence-corrected chi connectivity index (χ3v) is 4.65. The number of halogens is 2. The standard InChI is InChI=1S/C19H24FN5O2.ClH/c1-19(2,21)18(27)24-10-7-15(8-11-24)25-16(6-9-22-25)23-17(26)13-4-3-5-14(20)12-13;/h3-6,9,12,15H,7-8,10-11,21H2,1-2H3,(H,23,26);1H. The van der Waals surface area contributed by atoms with Crippen molar-refractivity contribution in [2.24, 2.45) is 5.73 Å². The van der Waals surface area contributed by atoms with Gasteiger partial charge in [-0.1, -0.05) is 6.07 Å². The molecule has 152 valence electrons. The summed E-state index contributed by atoms with van der Waals surface area (Å²) < 4.78 is 15.1. The van der Waals surface area contributed by atoms with Gasteiger partial charge >= 0.3 is 0 Å². The molecule has 7 nitrogen and oxygen atoms in total. The highest BCUT2D eigenvalue weighted by Crippen LogP contribution is 2.26. The summed E-state index contributed by atoms with van der Waals surface area (Å²) in [5.74, 6) is -0.376. The van der Waals surface area contributed by atoms with Gasteiger partial charge in [0.05, 0.1) is 17.8 Å². The van der Waals surface area contributed by atoms with Crippen LogP contribution in [0.15, 0.2) is 36.5 Å². The van der Waals surface area contributed by atoms with Crippen LogP contribution in [0.25, 0.3) is 0 Å². The zero-order valence-corrected chi connectivity index (χ0v) is 16.7. The second-order valence-electron chi connectivity index (χ2n) is 7.37. The third kappa shape index (κ3) is 4.88. The van der Waals surface area contributed by atoms with E-state index in [0.717, 1.165) is 0 Å². The Morgan fingerprint density at radius 1 is 1.25 bits per heavy atom. The number of carbonyl (C=O) groups excluding carboxylic acids is 2. The number of nitrogens with two attached hydrogens (primary N) is 1. The molecule has 2 amide bonds. The van der Waals surface area contributed by atoms with Crippen molar-refractivity contribution in [1.29, 1.82) is 0 Å². The number of nitrogens with zero attached hydrogens (tertiary/aromatic N) is 3. The van der Waals surface area contributed by atoms with E-state index < -0.39 is 17.3 Å². The van der Waals surface area contributed by atoms with Crippen LogP contribution in [0.1, 0.15) is 43.1 Å². The fourth-order valence-corrected chi connectivity index (χ4v) is 3.24. The van der Waals surface area contributed by atoms with Crippen molar-refractivity contribution in [3.8, 4) is 0 Å². The molecule has 0 bridgehead atoms. The summed E-state index contributed by atoms with van der Waals surface area (Å²) in [7, 11) is 0. The Kier molecular flexibility index (Phi) is 6.79. The molecule has 3 rings (SSSR count). The first kappa shape index (κ1) is 21.8. The first-order chi connectivity index (χ1) is 12.8. The highest BCUT2D eigenvalue weighted by Gasteiger charge is 2.32. The van der Waals surface area contributed by atoms with Crippen LogP contribution in [0.4, 0.5) is 10.2 Å². The lowest BCUT2D eigenvalue weighted by Gasteiger charge is -2.36. The molecule has 1 fully saturated rings. The number of aromatic nitrogens is 2. The Bertz CT molecular complexity index is 841. The molecule has 0 atom stereocenters. The highest BCUT2D eigenvalue weighted by molar-refractivity contribution is 6.03. The minimum atomic E-state index is -0.886. The molecule has 0 aliphatic carbocycles. The number of nitrogens with one attached hydrogen (secondary N) is 1. The van der Waals surface area contributed by atoms with Gasteiger partial charge in [-0.25, -0.2) is 9.07 Å². The van der Waals surface area contributed by atoms with Gasteiger partial charge < -0.3 is 16.0 Å². The van der Waals surface area contributed by atoms with Gasteiger partial charge in [-0.3, -0.25) is 9.59 Å². The molecule has 0 unspecified atom stereocenters. The Balaban J connectivity index is 0.00000280. The molecule has 1 aromatic carbocycles. The molecule has 1 aliphatic heterocycles. The van der Waals surface area contributed by atoms with Crippen LogP contribution in [0.5, 0.6) is 0 Å². The van der Waals surface area contributed by atoms with Gasteiger partial charge in [0.25, 0.3) is 5.91 Å². The molecule has 0 saturated carbocycles. The van der Waals surface area contributed by atoms with Crippen LogP contribution in [0.2, 0.25) is 0 Å². The molecule has 2 heterocycles. The topological polar surface area (TPSA) is 93.2 Å². The van der Waals surface area contributed by atoms with Crippen LogP contribution in [-0.4, -0.2) is 45.1 Å². The van der Waals surface area contributed by atoms with Crippen LogP contribution in [0, 0.1) is 5.82 Å². The zero-order chi connectivity index (χ0) is 19.6. The van der Waals surface area contributed by atoms with Crippen LogP contribution >= 0.6 is 12.4 Å². The molecule has 0 radical (unpaired) electrons. The second kappa shape index (κ2) is 8.70. The zero-order valence-electron chi connectivity index (χ0n) is 15.9. The lowest BCUT2D eigenvalue weighted by molar-refractivity contribution is -0.137. The quantitative estimate of drug-likeness (QED) is 0.811. The second-order valence-corrected chi connectivity index (χ2v) is 7.37. The molecular formula is C19H25ClFN5O2. The van der Waals surface area contributed by atoms with E-state index in [1.54, 1.807) is 41.8 Å². The molecule has 9 heteroatoms. The van der Waals surface area contributed by atoms with Crippen molar-refractivity contribution in [1.82, 2.24) is 14.7 Å². The summed E-state index contributed by atoms with van der Waals surface area (Å²) in [5, 5.41) is 7.11. The summed E-state index contributed by atoms with van der Waals surface area (Å²) in [6.45, 7) is 4.58. The minimum absolute atomic E-state index is 0. The number of amides is 2. The third-order valence-electron chi connectivity index (χ3n) is 4.65. The number of benzene rings is 1. The van der Waals surface area contributed by atoms with Gasteiger partial charge in [0.1, 0.15) is 11.6 Å². The Morgan fingerprint density at radius 3 is 2.54 bits per heavy atom. The summed E-state index contributed by atoms with van der Waals surface area (Å²) in [6, 6.07) is 7.30. The van der Waals surface area contributed by atoms with E-state index in [2.05, 4.69) is 10.4 Å². The largest absolute Gasteiger partial charge is 0.341 e. The smallest absolute Gasteiger partial charge is 0.256 e. The fourth-order valence-electron chi connectivity index (χ4n) is 3.24. The van der Waals surface area contributed by atoms with E-state index in [1.165, 1.54) is 18.2 Å². The van der Waals surface area contributed by atoms with Crippen molar-refractivity contribution in [2.75, 3.05) is 18.4 Å². The van der Waals surface area contributed by atoms with Gasteiger partial charge in [0.2, 0.25) is 5.91 Å². The number of piperidine rings is 1. The number of carbonyl (C=O) groups is 2. The SMILES string of the molecule is CC(C)(N)C(=O)N1CCC(n2nccc2NC(=O)c2cccc(F)c2)CC1.Cl. The van der Waals surface area contributed by atoms with Crippen LogP contribution < -0.4 is 11.1 Å². The first-order valence-electron chi connectivity index (χ1n) is 8.94. The van der Waals surface area contributed by atoms with E-state index in [1.807, 2.05) is 0 Å². The van der Waals surface area contributed by atoms with E-state index in [-0.39, 0.29) is 29.9 Å². The van der Waals surface area contributed by atoms with Crippen LogP contribution in [-0.2, 0) is 4.79 Å². The predicted octanol–water partition coefficient (Wildman–Crippen LogP) is 2.60. The van der Waals surface area contributed by atoms with Crippen molar-refractivity contribution >= 4 is 30.0 Å². The van der Waals surface area contributed by atoms with Gasteiger partial charge in [-0.05, 0) is 44.9 Å². The van der Waals surface area contributed by atoms with E-state index in [0.29, 0.717) is 31.7 Å². The molecule has 28 heavy (non-hydrogen) atoms. The summed E-state index contributed by atoms with van der Waals surface area (Å²) in [4.78, 5) is 26.4. The van der Waals surface area contributed by atoms with Crippen molar-refractivity contribution in [2.45, 2.75) is 38.3 Å². The average molecular weight is 410 g/mol. The van der Waals surface area contributed by atoms with Crippen molar-refractivity contribution in [3.05, 3.63) is 47.9 Å². The average Bonchev–Trinajstić information content (AvgIpc) is 3.08. The van der Waals surface area contributed by atoms with Crippen LogP contribution in [0.3, 0.4) is 0 Å². The van der Waals surface area contributed by atoms with Crippen molar-refractivity contribution < 1.29 is 14.0 Å². The maximum Gasteiger partial charge on any atom is 0.256 e. The normalized spacial score (nSPS) is 15.1. The number of hydrogen-bond donors (Lipinski definition) is 2. The van der Waals surface area contributed by atoms with E-state index in [9.17, 15) is 14.0 Å². The number of likely N-dealkylation sites (tertiary alicyclic amines) is 1. The number of rotatable bonds is 4. The highest BCUT2D eigenvalue weighted by atomic mass is 35.5. The summed E-state index contributed by atoms with van der Waals surface area (Å²) in [5.41, 5.74) is 5.26. The lowest BCUT2D eigenvalue weighted by atomic mass is 10.0. The summed E-state index contributed by atoms with van der Waals surface area (Å²) >= 11 is 0. The maximum atomic E-state index is 13.3. The van der Waals surface area contributed by atoms with Gasteiger partial charge in [0.15, 0.2) is 0 Å². The Hall–Kier alpha value is -2.45. The Labute approximate surface area is 169 Å². The van der Waals surface area contributed by atoms with Gasteiger partial charge in [-0.15, -0.1) is 12.4 Å². The Morgan fingerprint density at radius 2 is 1.93 bits per heavy atom. The van der Waals surface area contributed by atoms with Crippen molar-refractivity contribution in [3.63, 3.8) is 0 Å². The first-order valence-corrected chi connectivity index (χ1v) is 8.94. The monoisotopic (exact) mass is 409 g/mol. The van der Waals surface area contributed by atoms with E-state index in [4.69, 9.17) is 5.73 Å².